The third kappa shape index (κ3) is 56.3. The van der Waals surface area contributed by atoms with E-state index in [1.54, 1.807) is 0 Å². The molecule has 1 heterocycles. The number of carboxylic acid groups (broad SMARTS) is 1. The molecule has 0 aromatic carbocycles. The number of nitrogens with zero attached hydrogens (tertiary/aromatic N) is 1. The van der Waals surface area contributed by atoms with E-state index in [1.807, 2.05) is 0 Å². The molecule has 27 nitrogen and oxygen atoms in total. The van der Waals surface area contributed by atoms with Crippen LogP contribution in [-0.2, 0) is 94.8 Å². The fraction of sp³-hybridized carbons (Fsp3) is 0.919. The Labute approximate surface area is 541 Å². The second kappa shape index (κ2) is 61.0. The standard InChI is InChI=1S/C62H118N2O25P2/c65-57-25-26-58(66)64(57)89-59(67)27-31-77-33-35-79-37-39-81-41-43-83-45-47-85-49-51-87-53-54-88-52-50-86-48-46-84-44-42-82-40-38-80-36-34-78-32-30-63-60(68)62(61(69)70,28-21-17-13-9-5-1-3-7-11-15-19-23-55-90(71,72)73)29-22-18-14-10-6-2-4-8-12-16-20-24-56-91(74,75)76/h1-56H2,(H,63,68)(H,69,70)(H2,71,72,73)(H2,74,75,76). The molecular formula is C62H118N2O25P2. The lowest BCUT2D eigenvalue weighted by molar-refractivity contribution is -0.198. The number of imide groups is 1. The average Bonchev–Trinajstić information content (AvgIpc) is 2.63. The van der Waals surface area contributed by atoms with Gasteiger partial charge in [0.15, 0.2) is 0 Å². The smallest absolute Gasteiger partial charge is 0.335 e. The summed E-state index contributed by atoms with van der Waals surface area (Å²) in [5, 5.41) is 14.0. The monoisotopic (exact) mass is 1350 g/mol. The number of unbranched alkanes of at least 4 members (excludes halogenated alkanes) is 22. The Morgan fingerprint density at radius 3 is 0.846 bits per heavy atom. The summed E-state index contributed by atoms with van der Waals surface area (Å²) in [4.78, 5) is 102. The van der Waals surface area contributed by atoms with Crippen LogP contribution >= 0.6 is 15.2 Å². The second-order valence-corrected chi connectivity index (χ2v) is 26.1. The van der Waals surface area contributed by atoms with E-state index >= 15 is 0 Å². The molecule has 0 aromatic rings. The van der Waals surface area contributed by atoms with E-state index in [2.05, 4.69) is 5.32 Å². The summed E-state index contributed by atoms with van der Waals surface area (Å²) in [5.41, 5.74) is -1.50. The summed E-state index contributed by atoms with van der Waals surface area (Å²) in [6.45, 7) is 9.26. The Balaban J connectivity index is 2.02. The van der Waals surface area contributed by atoms with Gasteiger partial charge in [0.05, 0.1) is 165 Å². The van der Waals surface area contributed by atoms with Crippen LogP contribution in [-0.4, -0.2) is 237 Å². The lowest BCUT2D eigenvalue weighted by Gasteiger charge is -2.28. The zero-order valence-corrected chi connectivity index (χ0v) is 56.6. The number of hydrogen-bond donors (Lipinski definition) is 6. The largest absolute Gasteiger partial charge is 0.480 e. The average molecular weight is 1350 g/mol. The van der Waals surface area contributed by atoms with E-state index < -0.39 is 50.3 Å². The number of aliphatic carboxylic acids is 1. The van der Waals surface area contributed by atoms with Gasteiger partial charge in [-0.15, -0.1) is 5.06 Å². The van der Waals surface area contributed by atoms with Crippen molar-refractivity contribution < 1.29 is 119 Å². The molecule has 0 atom stereocenters. The first-order valence-corrected chi connectivity index (χ1v) is 37.3. The Morgan fingerprint density at radius 2 is 0.593 bits per heavy atom. The van der Waals surface area contributed by atoms with Crippen LogP contribution in [0.3, 0.4) is 0 Å². The summed E-state index contributed by atoms with van der Waals surface area (Å²) < 4.78 is 88.1. The Kier molecular flexibility index (Phi) is 57.9. The Bertz CT molecular complexity index is 1800. The van der Waals surface area contributed by atoms with E-state index in [4.69, 9.17) is 81.3 Å². The SMILES string of the molecule is O=C(CCOCCOCCOCCOCCOCCOCCOCCOCCOCCOCCOCCOCCNC(=O)C(CCCCCCCCCCCCCCP(=O)(O)O)(CCCCCCCCCCCCCCP(=O)(O)O)C(=O)O)ON1C(=O)CCC1=O. The predicted molar refractivity (Wildman–Crippen MR) is 339 cm³/mol. The van der Waals surface area contributed by atoms with E-state index in [1.165, 1.54) is 0 Å². The molecule has 0 radical (unpaired) electrons. The lowest BCUT2D eigenvalue weighted by atomic mass is 9.76. The first-order valence-electron chi connectivity index (χ1n) is 33.7. The maximum absolute atomic E-state index is 13.7. The molecule has 0 saturated carbocycles. The number of hydroxylamine groups is 2. The van der Waals surface area contributed by atoms with Crippen LogP contribution < -0.4 is 5.32 Å². The van der Waals surface area contributed by atoms with Crippen molar-refractivity contribution in [3.05, 3.63) is 0 Å². The molecule has 29 heteroatoms. The second-order valence-electron chi connectivity index (χ2n) is 22.5. The van der Waals surface area contributed by atoms with Gasteiger partial charge < -0.3 is 91.7 Å². The van der Waals surface area contributed by atoms with Crippen molar-refractivity contribution in [1.29, 1.82) is 0 Å². The lowest BCUT2D eigenvalue weighted by Crippen LogP contribution is -2.47. The summed E-state index contributed by atoms with van der Waals surface area (Å²) in [6, 6.07) is 0. The van der Waals surface area contributed by atoms with Gasteiger partial charge in [0.1, 0.15) is 5.41 Å². The molecule has 1 fully saturated rings. The molecule has 1 rings (SSSR count). The first kappa shape index (κ1) is 86.4. The van der Waals surface area contributed by atoms with E-state index in [0.717, 1.165) is 128 Å². The topological polar surface area (TPSA) is 356 Å². The highest BCUT2D eigenvalue weighted by atomic mass is 31.2. The summed E-state index contributed by atoms with van der Waals surface area (Å²) in [5.74, 6) is -3.29. The number of amides is 3. The van der Waals surface area contributed by atoms with Crippen molar-refractivity contribution in [2.75, 3.05) is 177 Å². The third-order valence-electron chi connectivity index (χ3n) is 14.7. The number of hydrogen-bond acceptors (Lipinski definition) is 20. The molecular weight excluding hydrogens is 1230 g/mol. The van der Waals surface area contributed by atoms with Gasteiger partial charge in [-0.25, -0.2) is 4.79 Å². The minimum Gasteiger partial charge on any atom is -0.480 e. The molecule has 0 bridgehead atoms. The molecule has 0 aromatic heterocycles. The van der Waals surface area contributed by atoms with Crippen LogP contribution in [0.15, 0.2) is 0 Å². The molecule has 0 unspecified atom stereocenters. The third-order valence-corrected chi connectivity index (χ3v) is 16.5. The minimum absolute atomic E-state index is 0.0385. The van der Waals surface area contributed by atoms with Crippen molar-refractivity contribution in [3.8, 4) is 0 Å². The maximum atomic E-state index is 13.7. The summed E-state index contributed by atoms with van der Waals surface area (Å²) in [6.07, 6.45) is 23.4. The van der Waals surface area contributed by atoms with Crippen LogP contribution in [0.4, 0.5) is 0 Å². The van der Waals surface area contributed by atoms with Crippen molar-refractivity contribution in [1.82, 2.24) is 10.4 Å². The molecule has 536 valence electrons. The van der Waals surface area contributed by atoms with Gasteiger partial charge in [-0.3, -0.25) is 28.3 Å². The summed E-state index contributed by atoms with van der Waals surface area (Å²) >= 11 is 0. The number of carbonyl (C=O) groups is 5. The maximum Gasteiger partial charge on any atom is 0.335 e. The fourth-order valence-corrected chi connectivity index (χ4v) is 10.8. The van der Waals surface area contributed by atoms with Gasteiger partial charge in [-0.05, 0) is 25.7 Å². The Hall–Kier alpha value is -2.63. The van der Waals surface area contributed by atoms with Crippen LogP contribution in [0.1, 0.15) is 186 Å². The van der Waals surface area contributed by atoms with Crippen LogP contribution in [0.25, 0.3) is 0 Å². The molecule has 1 aliphatic rings. The number of carboxylic acids is 1. The molecule has 1 aliphatic heterocycles. The quantitative estimate of drug-likeness (QED) is 0.0146. The van der Waals surface area contributed by atoms with Gasteiger partial charge in [0, 0.05) is 31.7 Å². The highest BCUT2D eigenvalue weighted by Gasteiger charge is 2.45. The normalized spacial score (nSPS) is 13.1. The van der Waals surface area contributed by atoms with Crippen LogP contribution in [0, 0.1) is 5.41 Å². The Morgan fingerprint density at radius 1 is 0.363 bits per heavy atom. The van der Waals surface area contributed by atoms with Gasteiger partial charge in [0.2, 0.25) is 5.91 Å². The molecule has 0 aliphatic carbocycles. The van der Waals surface area contributed by atoms with E-state index in [0.29, 0.717) is 169 Å². The minimum atomic E-state index is -3.90. The van der Waals surface area contributed by atoms with Crippen molar-refractivity contribution in [2.24, 2.45) is 5.41 Å². The zero-order chi connectivity index (χ0) is 66.5. The predicted octanol–water partition coefficient (Wildman–Crippen LogP) is 7.87. The van der Waals surface area contributed by atoms with Crippen molar-refractivity contribution in [3.63, 3.8) is 0 Å². The molecule has 1 saturated heterocycles. The van der Waals surface area contributed by atoms with Crippen LogP contribution in [0.2, 0.25) is 0 Å². The number of nitrogens with one attached hydrogen (secondary N) is 1. The molecule has 0 spiro atoms. The van der Waals surface area contributed by atoms with Gasteiger partial charge >= 0.3 is 27.1 Å². The molecule has 91 heavy (non-hydrogen) atoms. The number of rotatable bonds is 72. The fourth-order valence-electron chi connectivity index (χ4n) is 9.58. The highest BCUT2D eigenvalue weighted by Crippen LogP contribution is 2.37. The molecule has 3 amide bonds. The van der Waals surface area contributed by atoms with E-state index in [9.17, 15) is 38.2 Å². The van der Waals surface area contributed by atoms with Crippen molar-refractivity contribution >= 4 is 44.9 Å². The summed E-state index contributed by atoms with van der Waals surface area (Å²) in [7, 11) is -7.80. The van der Waals surface area contributed by atoms with Gasteiger partial charge in [0.25, 0.3) is 11.8 Å². The van der Waals surface area contributed by atoms with E-state index in [-0.39, 0.29) is 70.8 Å². The zero-order valence-electron chi connectivity index (χ0n) is 54.8. The number of ether oxygens (including phenoxy) is 12. The highest BCUT2D eigenvalue weighted by molar-refractivity contribution is 7.52. The van der Waals surface area contributed by atoms with Crippen molar-refractivity contribution in [2.45, 2.75) is 186 Å². The van der Waals surface area contributed by atoms with Gasteiger partial charge in [-0.1, -0.05) is 141 Å². The number of carbonyl (C=O) groups excluding carboxylic acids is 4. The molecule has 6 N–H and O–H groups in total. The van der Waals surface area contributed by atoms with Gasteiger partial charge in [-0.2, -0.15) is 0 Å². The van der Waals surface area contributed by atoms with Crippen LogP contribution in [0.5, 0.6) is 0 Å². The first-order chi connectivity index (χ1) is 44.1.